The van der Waals surface area contributed by atoms with Gasteiger partial charge in [-0.05, 0) is 42.3 Å². The van der Waals surface area contributed by atoms with Crippen LogP contribution in [0.4, 0.5) is 11.4 Å². The van der Waals surface area contributed by atoms with E-state index < -0.39 is 0 Å². The van der Waals surface area contributed by atoms with Crippen LogP contribution in [0.15, 0.2) is 48.5 Å². The molecule has 2 aliphatic rings. The Kier molecular flexibility index (Phi) is 5.19. The Labute approximate surface area is 165 Å². The second-order valence-electron chi connectivity index (χ2n) is 7.17. The van der Waals surface area contributed by atoms with Gasteiger partial charge in [0.25, 0.3) is 0 Å². The van der Waals surface area contributed by atoms with Gasteiger partial charge in [-0.2, -0.15) is 0 Å². The van der Waals surface area contributed by atoms with E-state index in [1.54, 1.807) is 16.9 Å². The van der Waals surface area contributed by atoms with Crippen LogP contribution in [0.3, 0.4) is 0 Å². The van der Waals surface area contributed by atoms with Crippen molar-refractivity contribution in [1.29, 1.82) is 0 Å². The van der Waals surface area contributed by atoms with E-state index in [0.717, 1.165) is 24.4 Å². The van der Waals surface area contributed by atoms with Crippen molar-refractivity contribution in [3.05, 3.63) is 54.1 Å². The predicted molar refractivity (Wildman–Crippen MR) is 109 cm³/mol. The number of carbonyl (C=O) groups excluding carboxylic acids is 2. The van der Waals surface area contributed by atoms with E-state index in [4.69, 9.17) is 4.74 Å². The molecule has 2 aliphatic heterocycles. The third-order valence-electron chi connectivity index (χ3n) is 5.54. The van der Waals surface area contributed by atoms with Crippen molar-refractivity contribution in [2.45, 2.75) is 12.8 Å². The lowest BCUT2D eigenvalue weighted by molar-refractivity contribution is -0.136. The Hall–Kier alpha value is -3.02. The van der Waals surface area contributed by atoms with E-state index in [9.17, 15) is 9.59 Å². The maximum absolute atomic E-state index is 12.7. The van der Waals surface area contributed by atoms with Gasteiger partial charge in [-0.25, -0.2) is 0 Å². The molecule has 146 valence electrons. The number of piperazine rings is 1. The summed E-state index contributed by atoms with van der Waals surface area (Å²) in [6.45, 7) is 2.87. The second kappa shape index (κ2) is 7.92. The van der Waals surface area contributed by atoms with Gasteiger partial charge >= 0.3 is 0 Å². The lowest BCUT2D eigenvalue weighted by Gasteiger charge is -2.34. The number of para-hydroxylation sites is 1. The zero-order valence-corrected chi connectivity index (χ0v) is 16.1. The molecule has 1 fully saturated rings. The Balaban J connectivity index is 1.31. The molecule has 28 heavy (non-hydrogen) atoms. The van der Waals surface area contributed by atoms with Gasteiger partial charge in [-0.3, -0.25) is 9.59 Å². The van der Waals surface area contributed by atoms with Gasteiger partial charge < -0.3 is 19.4 Å². The number of methoxy groups -OCH3 is 1. The highest BCUT2D eigenvalue weighted by Crippen LogP contribution is 2.27. The first kappa shape index (κ1) is 18.3. The summed E-state index contributed by atoms with van der Waals surface area (Å²) in [5.41, 5.74) is 3.42. The van der Waals surface area contributed by atoms with Crippen LogP contribution in [0.25, 0.3) is 0 Å². The number of fused-ring (bicyclic) bond motifs is 1. The number of hydrogen-bond acceptors (Lipinski definition) is 4. The summed E-state index contributed by atoms with van der Waals surface area (Å²) < 4.78 is 5.16. The summed E-state index contributed by atoms with van der Waals surface area (Å²) >= 11 is 0. The molecule has 0 aliphatic carbocycles. The van der Waals surface area contributed by atoms with Crippen LogP contribution < -0.4 is 14.5 Å². The summed E-state index contributed by atoms with van der Waals surface area (Å²) in [5, 5.41) is 0. The Morgan fingerprint density at radius 2 is 1.82 bits per heavy atom. The first-order valence-corrected chi connectivity index (χ1v) is 9.71. The second-order valence-corrected chi connectivity index (χ2v) is 7.17. The van der Waals surface area contributed by atoms with Crippen LogP contribution in [-0.4, -0.2) is 56.5 Å². The molecule has 4 rings (SSSR count). The Morgan fingerprint density at radius 3 is 2.57 bits per heavy atom. The van der Waals surface area contributed by atoms with E-state index in [0.29, 0.717) is 26.1 Å². The first-order chi connectivity index (χ1) is 13.7. The smallest absolute Gasteiger partial charge is 0.246 e. The zero-order valence-electron chi connectivity index (χ0n) is 16.1. The lowest BCUT2D eigenvalue weighted by Crippen LogP contribution is -2.52. The average molecular weight is 379 g/mol. The molecule has 2 aromatic rings. The van der Waals surface area contributed by atoms with Gasteiger partial charge in [0.15, 0.2) is 0 Å². The van der Waals surface area contributed by atoms with Gasteiger partial charge in [0.1, 0.15) is 12.3 Å². The van der Waals surface area contributed by atoms with Crippen molar-refractivity contribution in [3.8, 4) is 5.75 Å². The molecule has 0 N–H and O–H groups in total. The van der Waals surface area contributed by atoms with Crippen LogP contribution in [0.5, 0.6) is 5.75 Å². The number of hydrogen-bond donors (Lipinski definition) is 0. The molecule has 6 heteroatoms. The van der Waals surface area contributed by atoms with Gasteiger partial charge in [0, 0.05) is 44.0 Å². The van der Waals surface area contributed by atoms with Gasteiger partial charge in [-0.1, -0.05) is 18.2 Å². The number of rotatable bonds is 5. The number of nitrogens with zero attached hydrogens (tertiary/aromatic N) is 3. The molecular formula is C22H25N3O3. The van der Waals surface area contributed by atoms with Gasteiger partial charge in [0.05, 0.1) is 7.11 Å². The fourth-order valence-corrected chi connectivity index (χ4v) is 3.95. The third-order valence-corrected chi connectivity index (χ3v) is 5.54. The van der Waals surface area contributed by atoms with Crippen molar-refractivity contribution < 1.29 is 14.3 Å². The van der Waals surface area contributed by atoms with Crippen molar-refractivity contribution in [1.82, 2.24) is 4.90 Å². The minimum absolute atomic E-state index is 0.0451. The zero-order chi connectivity index (χ0) is 19.5. The van der Waals surface area contributed by atoms with E-state index in [1.807, 2.05) is 30.3 Å². The average Bonchev–Trinajstić information content (AvgIpc) is 3.15. The van der Waals surface area contributed by atoms with Crippen LogP contribution in [0, 0.1) is 0 Å². The van der Waals surface area contributed by atoms with E-state index in [-0.39, 0.29) is 18.4 Å². The molecule has 0 bridgehead atoms. The summed E-state index contributed by atoms with van der Waals surface area (Å²) in [4.78, 5) is 30.9. The molecule has 0 aromatic heterocycles. The maximum atomic E-state index is 12.7. The number of carbonyl (C=O) groups is 2. The summed E-state index contributed by atoms with van der Waals surface area (Å²) in [6.07, 6.45) is 1.47. The van der Waals surface area contributed by atoms with Crippen molar-refractivity contribution in [2.24, 2.45) is 0 Å². The Bertz CT molecular complexity index is 866. The van der Waals surface area contributed by atoms with E-state index in [1.165, 1.54) is 11.3 Å². The van der Waals surface area contributed by atoms with E-state index >= 15 is 0 Å². The van der Waals surface area contributed by atoms with Crippen LogP contribution in [0.1, 0.15) is 12.0 Å². The van der Waals surface area contributed by atoms with Crippen LogP contribution in [0.2, 0.25) is 0 Å². The molecule has 0 atom stereocenters. The maximum Gasteiger partial charge on any atom is 0.246 e. The first-order valence-electron chi connectivity index (χ1n) is 9.71. The fourth-order valence-electron chi connectivity index (χ4n) is 3.95. The SMILES string of the molecule is COc1ccc(N2CCN(C(=O)CCN3CCc4ccccc43)CC2=O)cc1. The summed E-state index contributed by atoms with van der Waals surface area (Å²) in [7, 11) is 1.62. The van der Waals surface area contributed by atoms with Gasteiger partial charge in [-0.15, -0.1) is 0 Å². The van der Waals surface area contributed by atoms with Gasteiger partial charge in [0.2, 0.25) is 11.8 Å². The monoisotopic (exact) mass is 379 g/mol. The standard InChI is InChI=1S/C22H25N3O3/c1-28-19-8-6-18(7-9-19)25-15-14-24(16-22(25)27)21(26)11-13-23-12-10-17-4-2-3-5-20(17)23/h2-9H,10-16H2,1H3. The number of benzene rings is 2. The van der Waals surface area contributed by atoms with E-state index in [2.05, 4.69) is 23.1 Å². The summed E-state index contributed by atoms with van der Waals surface area (Å²) in [6, 6.07) is 15.8. The molecule has 2 aromatic carbocycles. The normalized spacial score (nSPS) is 16.3. The molecule has 1 saturated heterocycles. The van der Waals surface area contributed by atoms with Crippen molar-refractivity contribution in [3.63, 3.8) is 0 Å². The van der Waals surface area contributed by atoms with Crippen molar-refractivity contribution in [2.75, 3.05) is 49.6 Å². The molecule has 0 spiro atoms. The number of amides is 2. The lowest BCUT2D eigenvalue weighted by atomic mass is 10.2. The highest BCUT2D eigenvalue weighted by Gasteiger charge is 2.28. The molecule has 2 amide bonds. The van der Waals surface area contributed by atoms with Crippen molar-refractivity contribution >= 4 is 23.2 Å². The fraction of sp³-hybridized carbons (Fsp3) is 0.364. The van der Waals surface area contributed by atoms with Crippen LogP contribution >= 0.6 is 0 Å². The minimum atomic E-state index is -0.0451. The molecule has 2 heterocycles. The molecule has 0 saturated carbocycles. The third kappa shape index (κ3) is 3.67. The highest BCUT2D eigenvalue weighted by molar-refractivity contribution is 5.98. The largest absolute Gasteiger partial charge is 0.497 e. The molecular weight excluding hydrogens is 354 g/mol. The Morgan fingerprint density at radius 1 is 1.04 bits per heavy atom. The molecule has 0 unspecified atom stereocenters. The topological polar surface area (TPSA) is 53.1 Å². The molecule has 0 radical (unpaired) electrons. The number of ether oxygens (including phenoxy) is 1. The minimum Gasteiger partial charge on any atom is -0.497 e. The molecule has 6 nitrogen and oxygen atoms in total. The summed E-state index contributed by atoms with van der Waals surface area (Å²) in [5.74, 6) is 0.761. The van der Waals surface area contributed by atoms with Crippen LogP contribution in [-0.2, 0) is 16.0 Å². The number of anilines is 2. The quantitative estimate of drug-likeness (QED) is 0.800. The highest BCUT2D eigenvalue weighted by atomic mass is 16.5. The predicted octanol–water partition coefficient (Wildman–Crippen LogP) is 2.32.